The first-order chi connectivity index (χ1) is 8.96. The molecule has 4 nitrogen and oxygen atoms in total. The molecule has 0 radical (unpaired) electrons. The Kier molecular flexibility index (Phi) is 6.39. The second kappa shape index (κ2) is 7.36. The van der Waals surface area contributed by atoms with Crippen LogP contribution < -0.4 is 10.0 Å². The topological polar surface area (TPSA) is 58.2 Å². The van der Waals surface area contributed by atoms with E-state index >= 15 is 0 Å². The average molecular weight is 323 g/mol. The van der Waals surface area contributed by atoms with E-state index in [0.717, 1.165) is 19.5 Å². The minimum atomic E-state index is -3.38. The smallest absolute Gasteiger partial charge is 0.216 e. The Morgan fingerprint density at radius 3 is 2.60 bits per heavy atom. The van der Waals surface area contributed by atoms with E-state index in [0.29, 0.717) is 5.56 Å². The van der Waals surface area contributed by atoms with E-state index in [9.17, 15) is 12.8 Å². The molecule has 1 aromatic carbocycles. The molecule has 1 heterocycles. The third-order valence-corrected chi connectivity index (χ3v) is 4.76. The Balaban J connectivity index is 0.00000200. The fourth-order valence-corrected chi connectivity index (χ4v) is 3.79. The highest BCUT2D eigenvalue weighted by atomic mass is 35.5. The van der Waals surface area contributed by atoms with E-state index in [1.54, 1.807) is 0 Å². The monoisotopic (exact) mass is 322 g/mol. The zero-order valence-electron chi connectivity index (χ0n) is 11.3. The van der Waals surface area contributed by atoms with E-state index < -0.39 is 10.0 Å². The molecule has 0 aliphatic carbocycles. The molecule has 0 amide bonds. The maximum atomic E-state index is 12.8. The highest BCUT2D eigenvalue weighted by molar-refractivity contribution is 7.88. The summed E-state index contributed by atoms with van der Waals surface area (Å²) in [6, 6.07) is 5.53. The molecular formula is C13H20ClFN2O2S. The van der Waals surface area contributed by atoms with Crippen molar-refractivity contribution in [3.05, 3.63) is 35.6 Å². The number of halogens is 2. The number of sulfonamides is 1. The number of hydrogen-bond donors (Lipinski definition) is 2. The van der Waals surface area contributed by atoms with Crippen molar-refractivity contribution in [1.82, 2.24) is 10.0 Å². The van der Waals surface area contributed by atoms with E-state index in [2.05, 4.69) is 10.0 Å². The van der Waals surface area contributed by atoms with Gasteiger partial charge in [-0.1, -0.05) is 19.1 Å². The number of nitrogens with one attached hydrogen (secondary N) is 2. The second-order valence-corrected chi connectivity index (χ2v) is 6.83. The predicted molar refractivity (Wildman–Crippen MR) is 79.8 cm³/mol. The van der Waals surface area contributed by atoms with Gasteiger partial charge in [-0.3, -0.25) is 0 Å². The van der Waals surface area contributed by atoms with Crippen LogP contribution in [-0.4, -0.2) is 27.5 Å². The molecule has 1 fully saturated rings. The van der Waals surface area contributed by atoms with Gasteiger partial charge in [0.2, 0.25) is 10.0 Å². The average Bonchev–Trinajstić information content (AvgIpc) is 2.35. The molecule has 2 unspecified atom stereocenters. The van der Waals surface area contributed by atoms with Crippen molar-refractivity contribution in [3.8, 4) is 0 Å². The van der Waals surface area contributed by atoms with Crippen LogP contribution in [0.3, 0.4) is 0 Å². The van der Waals surface area contributed by atoms with Crippen molar-refractivity contribution >= 4 is 22.4 Å². The number of hydrogen-bond acceptors (Lipinski definition) is 3. The van der Waals surface area contributed by atoms with Crippen LogP contribution in [0.5, 0.6) is 0 Å². The van der Waals surface area contributed by atoms with Crippen LogP contribution in [0.25, 0.3) is 0 Å². The summed E-state index contributed by atoms with van der Waals surface area (Å²) >= 11 is 0. The number of piperidine rings is 1. The molecule has 1 aromatic rings. The van der Waals surface area contributed by atoms with Gasteiger partial charge >= 0.3 is 0 Å². The summed E-state index contributed by atoms with van der Waals surface area (Å²) < 4.78 is 39.7. The van der Waals surface area contributed by atoms with E-state index in [4.69, 9.17) is 0 Å². The largest absolute Gasteiger partial charge is 0.316 e. The Labute approximate surface area is 125 Å². The fraction of sp³-hybridized carbons (Fsp3) is 0.538. The summed E-state index contributed by atoms with van der Waals surface area (Å²) in [5.74, 6) is -0.193. The zero-order chi connectivity index (χ0) is 13.9. The molecule has 1 aliphatic rings. The van der Waals surface area contributed by atoms with Gasteiger partial charge in [-0.25, -0.2) is 17.5 Å². The number of rotatable bonds is 4. The molecule has 1 aliphatic heterocycles. The van der Waals surface area contributed by atoms with Crippen LogP contribution in [0, 0.1) is 11.7 Å². The molecule has 0 aromatic heterocycles. The van der Waals surface area contributed by atoms with Crippen LogP contribution >= 0.6 is 12.4 Å². The Hall–Kier alpha value is -0.690. The predicted octanol–water partition coefficient (Wildman–Crippen LogP) is 1.66. The van der Waals surface area contributed by atoms with Crippen LogP contribution in [0.4, 0.5) is 4.39 Å². The lowest BCUT2D eigenvalue weighted by Gasteiger charge is -2.29. The lowest BCUT2D eigenvalue weighted by atomic mass is 9.97. The highest BCUT2D eigenvalue weighted by Gasteiger charge is 2.25. The normalized spacial score (nSPS) is 23.1. The van der Waals surface area contributed by atoms with Crippen molar-refractivity contribution in [2.24, 2.45) is 5.92 Å². The molecule has 2 N–H and O–H groups in total. The summed E-state index contributed by atoms with van der Waals surface area (Å²) in [4.78, 5) is 0. The zero-order valence-corrected chi connectivity index (χ0v) is 12.9. The maximum Gasteiger partial charge on any atom is 0.216 e. The highest BCUT2D eigenvalue weighted by Crippen LogP contribution is 2.13. The summed E-state index contributed by atoms with van der Waals surface area (Å²) in [5, 5.41) is 3.23. The van der Waals surface area contributed by atoms with E-state index in [-0.39, 0.29) is 35.9 Å². The SMILES string of the molecule is CC1CNCCC1NS(=O)(=O)Cc1ccc(F)cc1.Cl. The van der Waals surface area contributed by atoms with Crippen molar-refractivity contribution in [3.63, 3.8) is 0 Å². The van der Waals surface area contributed by atoms with Gasteiger partial charge in [-0.2, -0.15) is 0 Å². The lowest BCUT2D eigenvalue weighted by Crippen LogP contribution is -2.48. The summed E-state index contributed by atoms with van der Waals surface area (Å²) in [6.07, 6.45) is 0.795. The minimum Gasteiger partial charge on any atom is -0.316 e. The van der Waals surface area contributed by atoms with Crippen LogP contribution in [0.15, 0.2) is 24.3 Å². The molecular weight excluding hydrogens is 303 g/mol. The molecule has 2 rings (SSSR count). The maximum absolute atomic E-state index is 12.8. The van der Waals surface area contributed by atoms with E-state index in [1.165, 1.54) is 24.3 Å². The molecule has 1 saturated heterocycles. The third kappa shape index (κ3) is 5.01. The first-order valence-corrected chi connectivity index (χ1v) is 8.07. The van der Waals surface area contributed by atoms with Gasteiger partial charge in [-0.05, 0) is 43.1 Å². The summed E-state index contributed by atoms with van der Waals surface area (Å²) in [6.45, 7) is 3.68. The second-order valence-electron chi connectivity index (χ2n) is 5.08. The van der Waals surface area contributed by atoms with Crippen molar-refractivity contribution in [2.75, 3.05) is 13.1 Å². The standard InChI is InChI=1S/C13H19FN2O2S.ClH/c1-10-8-15-7-6-13(10)16-19(17,18)9-11-2-4-12(14)5-3-11;/h2-5,10,13,15-16H,6-9H2,1H3;1H. The Morgan fingerprint density at radius 2 is 2.00 bits per heavy atom. The quantitative estimate of drug-likeness (QED) is 0.886. The van der Waals surface area contributed by atoms with Crippen molar-refractivity contribution in [1.29, 1.82) is 0 Å². The first-order valence-electron chi connectivity index (χ1n) is 6.41. The van der Waals surface area contributed by atoms with E-state index in [1.807, 2.05) is 6.92 Å². The molecule has 0 spiro atoms. The van der Waals surface area contributed by atoms with Gasteiger partial charge in [0.1, 0.15) is 5.82 Å². The van der Waals surface area contributed by atoms with Crippen LogP contribution in [-0.2, 0) is 15.8 Å². The number of benzene rings is 1. The Bertz CT molecular complexity index is 522. The molecule has 2 atom stereocenters. The summed E-state index contributed by atoms with van der Waals surface area (Å²) in [5.41, 5.74) is 0.593. The molecule has 7 heteroatoms. The van der Waals surface area contributed by atoms with Crippen molar-refractivity contribution in [2.45, 2.75) is 25.1 Å². The van der Waals surface area contributed by atoms with Gasteiger partial charge in [-0.15, -0.1) is 12.4 Å². The van der Waals surface area contributed by atoms with Gasteiger partial charge in [0.15, 0.2) is 0 Å². The molecule has 20 heavy (non-hydrogen) atoms. The molecule has 114 valence electrons. The Morgan fingerprint density at radius 1 is 1.35 bits per heavy atom. The van der Waals surface area contributed by atoms with Gasteiger partial charge < -0.3 is 5.32 Å². The van der Waals surface area contributed by atoms with Crippen LogP contribution in [0.2, 0.25) is 0 Å². The fourth-order valence-electron chi connectivity index (χ4n) is 2.26. The summed E-state index contributed by atoms with van der Waals surface area (Å²) in [7, 11) is -3.38. The lowest BCUT2D eigenvalue weighted by molar-refractivity contribution is 0.328. The van der Waals surface area contributed by atoms with Gasteiger partial charge in [0.05, 0.1) is 5.75 Å². The molecule has 0 bridgehead atoms. The minimum absolute atomic E-state index is 0. The van der Waals surface area contributed by atoms with Crippen molar-refractivity contribution < 1.29 is 12.8 Å². The van der Waals surface area contributed by atoms with Gasteiger partial charge in [0.25, 0.3) is 0 Å². The first kappa shape index (κ1) is 17.4. The van der Waals surface area contributed by atoms with Gasteiger partial charge in [0, 0.05) is 6.04 Å². The molecule has 0 saturated carbocycles. The third-order valence-electron chi connectivity index (χ3n) is 3.39. The van der Waals surface area contributed by atoms with Crippen LogP contribution in [0.1, 0.15) is 18.9 Å².